The van der Waals surface area contributed by atoms with Crippen LogP contribution >= 0.6 is 27.5 Å². The van der Waals surface area contributed by atoms with Gasteiger partial charge >= 0.3 is 0 Å². The molecular formula is C13H15BrClN3O. The lowest BCUT2D eigenvalue weighted by molar-refractivity contribution is -0.118. The van der Waals surface area contributed by atoms with E-state index in [1.54, 1.807) is 0 Å². The molecule has 19 heavy (non-hydrogen) atoms. The van der Waals surface area contributed by atoms with Crippen LogP contribution in [0.1, 0.15) is 25.2 Å². The Morgan fingerprint density at radius 3 is 2.95 bits per heavy atom. The molecule has 0 spiro atoms. The molecule has 1 unspecified atom stereocenters. The molecule has 0 saturated carbocycles. The standard InChI is InChI=1S/C13H15BrClN3O/c1-8(6-12(16)19)18-11-7-9(14)2-3-10(11)17-13(18)4-5-15/h2-3,7-8H,4-6H2,1H3,(H2,16,19). The number of hydrogen-bond donors (Lipinski definition) is 1. The molecule has 0 bridgehead atoms. The monoisotopic (exact) mass is 343 g/mol. The lowest BCUT2D eigenvalue weighted by atomic mass is 10.2. The number of nitrogens with two attached hydrogens (primary N) is 1. The molecule has 0 fully saturated rings. The first-order chi connectivity index (χ1) is 9.02. The van der Waals surface area contributed by atoms with E-state index in [1.807, 2.05) is 29.7 Å². The van der Waals surface area contributed by atoms with Crippen molar-refractivity contribution in [3.63, 3.8) is 0 Å². The van der Waals surface area contributed by atoms with Gasteiger partial charge in [0.05, 0.1) is 11.0 Å². The molecule has 0 radical (unpaired) electrons. The van der Waals surface area contributed by atoms with Crippen molar-refractivity contribution in [3.8, 4) is 0 Å². The van der Waals surface area contributed by atoms with Crippen LogP contribution in [0, 0.1) is 0 Å². The van der Waals surface area contributed by atoms with Crippen molar-refractivity contribution < 1.29 is 4.79 Å². The van der Waals surface area contributed by atoms with Crippen LogP contribution in [0.2, 0.25) is 0 Å². The zero-order valence-corrected chi connectivity index (χ0v) is 12.9. The van der Waals surface area contributed by atoms with Crippen LogP contribution in [0.15, 0.2) is 22.7 Å². The summed E-state index contributed by atoms with van der Waals surface area (Å²) in [5, 5.41) is 0. The number of aryl methyl sites for hydroxylation is 1. The maximum absolute atomic E-state index is 11.1. The van der Waals surface area contributed by atoms with Gasteiger partial charge in [0.2, 0.25) is 5.91 Å². The number of imidazole rings is 1. The molecule has 1 aromatic carbocycles. The number of aromatic nitrogens is 2. The van der Waals surface area contributed by atoms with Crippen molar-refractivity contribution in [1.82, 2.24) is 9.55 Å². The molecule has 0 aliphatic heterocycles. The van der Waals surface area contributed by atoms with E-state index in [0.29, 0.717) is 12.3 Å². The van der Waals surface area contributed by atoms with Crippen LogP contribution in [0.5, 0.6) is 0 Å². The molecular weight excluding hydrogens is 330 g/mol. The van der Waals surface area contributed by atoms with E-state index in [-0.39, 0.29) is 18.4 Å². The molecule has 0 aliphatic rings. The number of nitrogens with zero attached hydrogens (tertiary/aromatic N) is 2. The fourth-order valence-corrected chi connectivity index (χ4v) is 2.77. The van der Waals surface area contributed by atoms with Gasteiger partial charge in [0, 0.05) is 29.2 Å². The summed E-state index contributed by atoms with van der Waals surface area (Å²) in [5.41, 5.74) is 7.18. The number of hydrogen-bond acceptors (Lipinski definition) is 2. The summed E-state index contributed by atoms with van der Waals surface area (Å²) < 4.78 is 3.03. The maximum Gasteiger partial charge on any atom is 0.219 e. The second kappa shape index (κ2) is 5.92. The Morgan fingerprint density at radius 2 is 2.32 bits per heavy atom. The quantitative estimate of drug-likeness (QED) is 0.848. The van der Waals surface area contributed by atoms with Crippen molar-refractivity contribution in [1.29, 1.82) is 0 Å². The van der Waals surface area contributed by atoms with E-state index in [0.717, 1.165) is 21.3 Å². The first kappa shape index (κ1) is 14.3. The second-order valence-corrected chi connectivity index (χ2v) is 5.78. The molecule has 2 aromatic rings. The zero-order chi connectivity index (χ0) is 14.0. The Labute approximate surface area is 125 Å². The third kappa shape index (κ3) is 3.09. The minimum absolute atomic E-state index is 0.0324. The lowest BCUT2D eigenvalue weighted by Gasteiger charge is -2.16. The molecule has 1 aromatic heterocycles. The molecule has 0 saturated heterocycles. The number of primary amides is 1. The van der Waals surface area contributed by atoms with Crippen LogP contribution in [0.3, 0.4) is 0 Å². The number of alkyl halides is 1. The fraction of sp³-hybridized carbons (Fsp3) is 0.385. The molecule has 102 valence electrons. The first-order valence-electron chi connectivity index (χ1n) is 6.03. The minimum atomic E-state index is -0.318. The van der Waals surface area contributed by atoms with Crippen LogP contribution in [-0.2, 0) is 11.2 Å². The lowest BCUT2D eigenvalue weighted by Crippen LogP contribution is -2.19. The molecule has 1 amide bonds. The van der Waals surface area contributed by atoms with E-state index in [9.17, 15) is 4.79 Å². The van der Waals surface area contributed by atoms with Crippen molar-refractivity contribution >= 4 is 44.5 Å². The summed E-state index contributed by atoms with van der Waals surface area (Å²) in [4.78, 5) is 15.7. The van der Waals surface area contributed by atoms with E-state index in [2.05, 4.69) is 20.9 Å². The van der Waals surface area contributed by atoms with Gasteiger partial charge in [-0.2, -0.15) is 0 Å². The third-order valence-corrected chi connectivity index (χ3v) is 3.66. The number of rotatable bonds is 5. The number of carbonyl (C=O) groups is 1. The van der Waals surface area contributed by atoms with Gasteiger partial charge in [0.1, 0.15) is 5.82 Å². The second-order valence-electron chi connectivity index (χ2n) is 4.49. The predicted molar refractivity (Wildman–Crippen MR) is 80.4 cm³/mol. The Morgan fingerprint density at radius 1 is 1.58 bits per heavy atom. The number of amides is 1. The van der Waals surface area contributed by atoms with Crippen molar-refractivity contribution in [2.24, 2.45) is 5.73 Å². The highest BCUT2D eigenvalue weighted by Gasteiger charge is 2.17. The highest BCUT2D eigenvalue weighted by molar-refractivity contribution is 9.10. The topological polar surface area (TPSA) is 60.9 Å². The van der Waals surface area contributed by atoms with Gasteiger partial charge in [0.15, 0.2) is 0 Å². The zero-order valence-electron chi connectivity index (χ0n) is 10.6. The smallest absolute Gasteiger partial charge is 0.219 e. The highest BCUT2D eigenvalue weighted by atomic mass is 79.9. The van der Waals surface area contributed by atoms with Crippen LogP contribution in [0.4, 0.5) is 0 Å². The molecule has 1 atom stereocenters. The van der Waals surface area contributed by atoms with E-state index < -0.39 is 0 Å². The number of benzene rings is 1. The van der Waals surface area contributed by atoms with Crippen LogP contribution in [-0.4, -0.2) is 21.3 Å². The summed E-state index contributed by atoms with van der Waals surface area (Å²) in [7, 11) is 0. The average Bonchev–Trinajstić information content (AvgIpc) is 2.65. The van der Waals surface area contributed by atoms with Gasteiger partial charge in [-0.1, -0.05) is 15.9 Å². The molecule has 4 nitrogen and oxygen atoms in total. The molecule has 2 N–H and O–H groups in total. The molecule has 6 heteroatoms. The summed E-state index contributed by atoms with van der Waals surface area (Å²) in [5.74, 6) is 1.06. The van der Waals surface area contributed by atoms with Crippen molar-refractivity contribution in [2.45, 2.75) is 25.8 Å². The normalized spacial score (nSPS) is 12.8. The average molecular weight is 345 g/mol. The Kier molecular flexibility index (Phi) is 4.47. The van der Waals surface area contributed by atoms with Gasteiger partial charge < -0.3 is 10.3 Å². The first-order valence-corrected chi connectivity index (χ1v) is 7.36. The number of carbonyl (C=O) groups excluding carboxylic acids is 1. The van der Waals surface area contributed by atoms with Gasteiger partial charge in [-0.05, 0) is 25.1 Å². The Bertz CT molecular complexity index is 611. The highest BCUT2D eigenvalue weighted by Crippen LogP contribution is 2.26. The van der Waals surface area contributed by atoms with Crippen LogP contribution < -0.4 is 5.73 Å². The summed E-state index contributed by atoms with van der Waals surface area (Å²) in [6.45, 7) is 1.96. The molecule has 1 heterocycles. The predicted octanol–water partition coefficient (Wildman–Crippen LogP) is 3.02. The van der Waals surface area contributed by atoms with Gasteiger partial charge in [-0.25, -0.2) is 4.98 Å². The summed E-state index contributed by atoms with van der Waals surface area (Å²) in [6.07, 6.45) is 0.949. The number of halogens is 2. The minimum Gasteiger partial charge on any atom is -0.370 e. The largest absolute Gasteiger partial charge is 0.370 e. The summed E-state index contributed by atoms with van der Waals surface area (Å²) in [6, 6.07) is 5.86. The molecule has 0 aliphatic carbocycles. The van der Waals surface area contributed by atoms with E-state index >= 15 is 0 Å². The van der Waals surface area contributed by atoms with Gasteiger partial charge in [-0.15, -0.1) is 11.6 Å². The van der Waals surface area contributed by atoms with Crippen molar-refractivity contribution in [2.75, 3.05) is 5.88 Å². The number of fused-ring (bicyclic) bond motifs is 1. The Balaban J connectivity index is 2.55. The van der Waals surface area contributed by atoms with E-state index in [1.165, 1.54) is 0 Å². The summed E-state index contributed by atoms with van der Waals surface area (Å²) >= 11 is 9.28. The SMILES string of the molecule is CC(CC(N)=O)n1c(CCCl)nc2ccc(Br)cc21. The van der Waals surface area contributed by atoms with Crippen LogP contribution in [0.25, 0.3) is 11.0 Å². The maximum atomic E-state index is 11.1. The molecule has 2 rings (SSSR count). The fourth-order valence-electron chi connectivity index (χ4n) is 2.25. The third-order valence-electron chi connectivity index (χ3n) is 2.98. The van der Waals surface area contributed by atoms with Crippen molar-refractivity contribution in [3.05, 3.63) is 28.5 Å². The van der Waals surface area contributed by atoms with E-state index in [4.69, 9.17) is 17.3 Å². The van der Waals surface area contributed by atoms with Gasteiger partial charge in [-0.3, -0.25) is 4.79 Å². The van der Waals surface area contributed by atoms with Gasteiger partial charge in [0.25, 0.3) is 0 Å². The Hall–Kier alpha value is -1.07.